The molecule has 0 spiro atoms. The zero-order chi connectivity index (χ0) is 26.7. The largest absolute Gasteiger partial charge is 0.461 e. The lowest BCUT2D eigenvalue weighted by Gasteiger charge is -2.40. The molecule has 6 rings (SSSR count). The monoisotopic (exact) mass is 537 g/mol. The van der Waals surface area contributed by atoms with Crippen LogP contribution in [0.5, 0.6) is 6.01 Å². The molecule has 0 unspecified atom stereocenters. The van der Waals surface area contributed by atoms with Gasteiger partial charge in [-0.2, -0.15) is 18.7 Å². The lowest BCUT2D eigenvalue weighted by atomic mass is 9.95. The first-order chi connectivity index (χ1) is 18.2. The Morgan fingerprint density at radius 3 is 2.87 bits per heavy atom. The molecule has 6 nitrogen and oxygen atoms in total. The van der Waals surface area contributed by atoms with E-state index in [1.807, 2.05) is 6.92 Å². The van der Waals surface area contributed by atoms with Crippen LogP contribution in [0, 0.1) is 11.6 Å². The number of halogens is 5. The number of nitrogens with one attached hydrogen (secondary N) is 1. The first kappa shape index (κ1) is 25.7. The highest BCUT2D eigenvalue weighted by atomic mass is 19.3. The smallest absolute Gasteiger partial charge is 0.319 e. The molecule has 0 amide bonds. The predicted molar refractivity (Wildman–Crippen MR) is 133 cm³/mol. The van der Waals surface area contributed by atoms with Crippen molar-refractivity contribution in [3.8, 4) is 6.01 Å². The van der Waals surface area contributed by atoms with Gasteiger partial charge in [-0.15, -0.1) is 0 Å². The zero-order valence-electron chi connectivity index (χ0n) is 21.4. The quantitative estimate of drug-likeness (QED) is 0.507. The van der Waals surface area contributed by atoms with E-state index in [1.165, 1.54) is 6.07 Å². The third-order valence-electron chi connectivity index (χ3n) is 8.70. The number of aromatic nitrogens is 2. The van der Waals surface area contributed by atoms with E-state index in [2.05, 4.69) is 20.2 Å². The van der Waals surface area contributed by atoms with Gasteiger partial charge in [-0.3, -0.25) is 4.90 Å². The molecule has 38 heavy (non-hydrogen) atoms. The van der Waals surface area contributed by atoms with Crippen molar-refractivity contribution in [2.24, 2.45) is 0 Å². The van der Waals surface area contributed by atoms with Crippen LogP contribution in [0.3, 0.4) is 0 Å². The maximum atomic E-state index is 15.7. The summed E-state index contributed by atoms with van der Waals surface area (Å²) in [4.78, 5) is 12.9. The number of rotatable bonds is 7. The Hall–Kier alpha value is -2.53. The number of fused-ring (bicyclic) bond motifs is 4. The molecule has 1 N–H and O–H groups in total. The Kier molecular flexibility index (Phi) is 6.49. The van der Waals surface area contributed by atoms with Gasteiger partial charge in [-0.25, -0.2) is 13.2 Å². The highest BCUT2D eigenvalue weighted by Crippen LogP contribution is 2.41. The molecule has 2 aromatic rings. The number of anilines is 1. The van der Waals surface area contributed by atoms with Crippen LogP contribution in [0.4, 0.5) is 27.8 Å². The van der Waals surface area contributed by atoms with E-state index in [0.717, 1.165) is 25.5 Å². The molecule has 2 bridgehead atoms. The van der Waals surface area contributed by atoms with Gasteiger partial charge < -0.3 is 15.0 Å². The second kappa shape index (κ2) is 9.59. The first-order valence-corrected chi connectivity index (χ1v) is 13.5. The normalized spacial score (nSPS) is 30.7. The molecule has 0 saturated carbocycles. The van der Waals surface area contributed by atoms with Crippen LogP contribution in [0.25, 0.3) is 10.9 Å². The van der Waals surface area contributed by atoms with Gasteiger partial charge in [0.25, 0.3) is 6.08 Å². The molecule has 11 heteroatoms. The molecule has 4 fully saturated rings. The fourth-order valence-electron chi connectivity index (χ4n) is 7.08. The molecule has 1 aromatic heterocycles. The van der Waals surface area contributed by atoms with Crippen molar-refractivity contribution in [2.75, 3.05) is 37.7 Å². The molecule has 4 aliphatic heterocycles. The number of hydrogen-bond donors (Lipinski definition) is 1. The number of alkyl halides is 1. The van der Waals surface area contributed by atoms with E-state index in [9.17, 15) is 13.2 Å². The van der Waals surface area contributed by atoms with Gasteiger partial charge in [0.05, 0.1) is 11.1 Å². The van der Waals surface area contributed by atoms with E-state index in [4.69, 9.17) is 4.74 Å². The maximum Gasteiger partial charge on any atom is 0.319 e. The molecule has 4 atom stereocenters. The van der Waals surface area contributed by atoms with Crippen molar-refractivity contribution in [1.82, 2.24) is 20.2 Å². The van der Waals surface area contributed by atoms with E-state index in [-0.39, 0.29) is 53.9 Å². The average molecular weight is 538 g/mol. The van der Waals surface area contributed by atoms with E-state index < -0.39 is 35.0 Å². The van der Waals surface area contributed by atoms with E-state index >= 15 is 8.78 Å². The minimum absolute atomic E-state index is 0.0495. The van der Waals surface area contributed by atoms with Crippen molar-refractivity contribution in [3.05, 3.63) is 35.4 Å². The minimum atomic E-state index is -1.78. The molecule has 4 saturated heterocycles. The topological polar surface area (TPSA) is 53.5 Å². The summed E-state index contributed by atoms with van der Waals surface area (Å²) >= 11 is 0. The lowest BCUT2D eigenvalue weighted by molar-refractivity contribution is 0.107. The van der Waals surface area contributed by atoms with Crippen LogP contribution < -0.4 is 15.0 Å². The van der Waals surface area contributed by atoms with Crippen LogP contribution in [0.2, 0.25) is 0 Å². The molecular weight excluding hydrogens is 505 g/mol. The second-order valence-corrected chi connectivity index (χ2v) is 11.3. The van der Waals surface area contributed by atoms with Crippen LogP contribution in [0.1, 0.15) is 51.0 Å². The average Bonchev–Trinajstić information content (AvgIpc) is 3.48. The molecule has 5 heterocycles. The summed E-state index contributed by atoms with van der Waals surface area (Å²) in [6.45, 7) is 3.76. The van der Waals surface area contributed by atoms with E-state index in [0.29, 0.717) is 38.8 Å². The van der Waals surface area contributed by atoms with Crippen molar-refractivity contribution in [1.29, 1.82) is 0 Å². The Balaban J connectivity index is 1.41. The fourth-order valence-corrected chi connectivity index (χ4v) is 7.08. The molecular formula is C27H32F5N5O. The Labute approximate surface area is 218 Å². The summed E-state index contributed by atoms with van der Waals surface area (Å²) in [6.07, 6.45) is 2.28. The fraction of sp³-hybridized carbons (Fsp3) is 0.630. The Bertz CT molecular complexity index is 1270. The van der Waals surface area contributed by atoms with Crippen molar-refractivity contribution < 1.29 is 26.7 Å². The predicted octanol–water partition coefficient (Wildman–Crippen LogP) is 4.91. The highest BCUT2D eigenvalue weighted by Gasteiger charge is 2.49. The summed E-state index contributed by atoms with van der Waals surface area (Å²) in [7, 11) is 0. The maximum absolute atomic E-state index is 15.7. The van der Waals surface area contributed by atoms with Crippen molar-refractivity contribution in [3.63, 3.8) is 0 Å². The Morgan fingerprint density at radius 2 is 2.08 bits per heavy atom. The van der Waals surface area contributed by atoms with Crippen LogP contribution >= 0.6 is 0 Å². The first-order valence-electron chi connectivity index (χ1n) is 13.5. The van der Waals surface area contributed by atoms with Gasteiger partial charge in [-0.1, -0.05) is 13.3 Å². The molecule has 1 aromatic carbocycles. The van der Waals surface area contributed by atoms with Gasteiger partial charge in [0, 0.05) is 49.1 Å². The summed E-state index contributed by atoms with van der Waals surface area (Å²) in [5, 5.41) is 3.45. The van der Waals surface area contributed by atoms with Crippen LogP contribution in [-0.4, -0.2) is 70.9 Å². The summed E-state index contributed by atoms with van der Waals surface area (Å²) in [6, 6.07) is 1.09. The minimum Gasteiger partial charge on any atom is -0.461 e. The van der Waals surface area contributed by atoms with Crippen LogP contribution in [-0.2, 0) is 6.42 Å². The number of ether oxygens (including phenoxy) is 1. The second-order valence-electron chi connectivity index (χ2n) is 11.3. The highest BCUT2D eigenvalue weighted by molar-refractivity contribution is 5.91. The van der Waals surface area contributed by atoms with E-state index in [1.54, 1.807) is 4.90 Å². The molecule has 0 radical (unpaired) electrons. The standard InChI is InChI=1S/C27H32F5N5O/c1-2-4-18-20(29)9-19-23(22(18)32)33-25(38-15-27-6-3-8-37(27)12-16(28)10-27)34-24(19)36-13-17-5-7-26(14-36,35-17)11-21(30)31/h9,11,16-17,35H,2-8,10,12-15H2,1H3/t16-,17+,26+,27+/m1/s1. The van der Waals surface area contributed by atoms with Gasteiger partial charge in [0.1, 0.15) is 29.9 Å². The lowest BCUT2D eigenvalue weighted by Crippen LogP contribution is -2.59. The van der Waals surface area contributed by atoms with Gasteiger partial charge in [0.15, 0.2) is 5.82 Å². The third-order valence-corrected chi connectivity index (χ3v) is 8.70. The Morgan fingerprint density at radius 1 is 1.24 bits per heavy atom. The molecule has 4 aliphatic rings. The number of benzene rings is 1. The van der Waals surface area contributed by atoms with Crippen molar-refractivity contribution >= 4 is 16.7 Å². The zero-order valence-corrected chi connectivity index (χ0v) is 21.4. The van der Waals surface area contributed by atoms with Gasteiger partial charge in [0.2, 0.25) is 0 Å². The van der Waals surface area contributed by atoms with Crippen LogP contribution in [0.15, 0.2) is 18.2 Å². The number of hydrogen-bond acceptors (Lipinski definition) is 6. The summed E-state index contributed by atoms with van der Waals surface area (Å²) in [5.74, 6) is -1.19. The molecule has 0 aliphatic carbocycles. The van der Waals surface area contributed by atoms with Gasteiger partial charge >= 0.3 is 6.01 Å². The number of piperazine rings is 1. The third kappa shape index (κ3) is 4.41. The van der Waals surface area contributed by atoms with Crippen molar-refractivity contribution in [2.45, 2.75) is 75.2 Å². The van der Waals surface area contributed by atoms with Gasteiger partial charge in [-0.05, 0) is 44.7 Å². The summed E-state index contributed by atoms with van der Waals surface area (Å²) in [5.41, 5.74) is -1.51. The SMILES string of the molecule is CCCc1c(F)cc2c(N3C[C@@H]4CC[C@](C=C(F)F)(C3)N4)nc(OC[C@@]34CCCN3C[C@H](F)C4)nc2c1F. The molecule has 206 valence electrons. The number of nitrogens with zero attached hydrogens (tertiary/aromatic N) is 4. The summed E-state index contributed by atoms with van der Waals surface area (Å²) < 4.78 is 77.8.